The summed E-state index contributed by atoms with van der Waals surface area (Å²) in [6.45, 7) is 1.08. The Hall–Kier alpha value is -1.06. The van der Waals surface area contributed by atoms with Gasteiger partial charge in [0.25, 0.3) is 0 Å². The number of para-hydroxylation sites is 1. The zero-order chi connectivity index (χ0) is 12.8. The molecule has 3 nitrogen and oxygen atoms in total. The number of piperidine rings is 1. The Kier molecular flexibility index (Phi) is 5.02. The summed E-state index contributed by atoms with van der Waals surface area (Å²) >= 11 is 5.99. The van der Waals surface area contributed by atoms with Crippen LogP contribution in [0, 0.1) is 0 Å². The van der Waals surface area contributed by atoms with E-state index in [0.29, 0.717) is 23.2 Å². The van der Waals surface area contributed by atoms with Crippen LogP contribution in [-0.2, 0) is 4.79 Å². The van der Waals surface area contributed by atoms with Crippen LogP contribution in [0.1, 0.15) is 32.1 Å². The van der Waals surface area contributed by atoms with Gasteiger partial charge in [-0.15, -0.1) is 0 Å². The molecule has 1 aromatic carbocycles. The van der Waals surface area contributed by atoms with Gasteiger partial charge in [0.1, 0.15) is 0 Å². The third-order valence-corrected chi connectivity index (χ3v) is 3.61. The van der Waals surface area contributed by atoms with Crippen LogP contribution in [-0.4, -0.2) is 18.5 Å². The molecule has 0 aliphatic carbocycles. The summed E-state index contributed by atoms with van der Waals surface area (Å²) in [6, 6.07) is 7.81. The summed E-state index contributed by atoms with van der Waals surface area (Å²) < 4.78 is 0. The molecule has 98 valence electrons. The van der Waals surface area contributed by atoms with Crippen LogP contribution in [0.3, 0.4) is 0 Å². The van der Waals surface area contributed by atoms with E-state index in [-0.39, 0.29) is 5.91 Å². The first-order valence-corrected chi connectivity index (χ1v) is 6.91. The first-order chi connectivity index (χ1) is 8.75. The molecule has 1 aliphatic rings. The Balaban J connectivity index is 1.76. The fourth-order valence-corrected chi connectivity index (χ4v) is 2.43. The van der Waals surface area contributed by atoms with Crippen molar-refractivity contribution in [3.8, 4) is 0 Å². The molecule has 1 unspecified atom stereocenters. The highest BCUT2D eigenvalue weighted by molar-refractivity contribution is 6.33. The lowest BCUT2D eigenvalue weighted by molar-refractivity contribution is -0.116. The predicted molar refractivity (Wildman–Crippen MR) is 75.0 cm³/mol. The van der Waals surface area contributed by atoms with Crippen LogP contribution < -0.4 is 10.6 Å². The fraction of sp³-hybridized carbons (Fsp3) is 0.500. The first kappa shape index (κ1) is 13.4. The molecule has 1 atom stereocenters. The Morgan fingerprint density at radius 1 is 1.39 bits per heavy atom. The van der Waals surface area contributed by atoms with Crippen LogP contribution >= 0.6 is 11.6 Å². The largest absolute Gasteiger partial charge is 0.325 e. The van der Waals surface area contributed by atoms with Gasteiger partial charge in [0.15, 0.2) is 0 Å². The van der Waals surface area contributed by atoms with Crippen molar-refractivity contribution >= 4 is 23.2 Å². The van der Waals surface area contributed by atoms with Gasteiger partial charge in [-0.2, -0.15) is 0 Å². The number of rotatable bonds is 4. The van der Waals surface area contributed by atoms with E-state index < -0.39 is 0 Å². The summed E-state index contributed by atoms with van der Waals surface area (Å²) in [5.41, 5.74) is 0.695. The van der Waals surface area contributed by atoms with Gasteiger partial charge in [0, 0.05) is 12.5 Å². The van der Waals surface area contributed by atoms with Crippen LogP contribution in [0.5, 0.6) is 0 Å². The Morgan fingerprint density at radius 2 is 2.22 bits per heavy atom. The lowest BCUT2D eigenvalue weighted by atomic mass is 10.0. The predicted octanol–water partition coefficient (Wildman–Crippen LogP) is 3.20. The van der Waals surface area contributed by atoms with Crippen molar-refractivity contribution < 1.29 is 4.79 Å². The average molecular weight is 267 g/mol. The molecular weight excluding hydrogens is 248 g/mol. The van der Waals surface area contributed by atoms with E-state index >= 15 is 0 Å². The molecule has 2 N–H and O–H groups in total. The highest BCUT2D eigenvalue weighted by Crippen LogP contribution is 2.21. The minimum atomic E-state index is 0.0375. The van der Waals surface area contributed by atoms with E-state index in [2.05, 4.69) is 10.6 Å². The molecule has 4 heteroatoms. The topological polar surface area (TPSA) is 41.1 Å². The van der Waals surface area contributed by atoms with Crippen molar-refractivity contribution in [1.82, 2.24) is 5.32 Å². The maximum absolute atomic E-state index is 11.8. The monoisotopic (exact) mass is 266 g/mol. The molecule has 0 bridgehead atoms. The molecular formula is C14H19ClN2O. The van der Waals surface area contributed by atoms with Crippen molar-refractivity contribution in [2.24, 2.45) is 0 Å². The van der Waals surface area contributed by atoms with E-state index in [9.17, 15) is 4.79 Å². The number of carbonyl (C=O) groups is 1. The van der Waals surface area contributed by atoms with Gasteiger partial charge in [-0.25, -0.2) is 0 Å². The summed E-state index contributed by atoms with van der Waals surface area (Å²) in [7, 11) is 0. The smallest absolute Gasteiger partial charge is 0.224 e. The quantitative estimate of drug-likeness (QED) is 0.879. The van der Waals surface area contributed by atoms with Gasteiger partial charge in [0.2, 0.25) is 5.91 Å². The molecule has 0 spiro atoms. The number of amides is 1. The van der Waals surface area contributed by atoms with Crippen LogP contribution in [0.25, 0.3) is 0 Å². The molecule has 1 aliphatic heterocycles. The third kappa shape index (κ3) is 4.00. The summed E-state index contributed by atoms with van der Waals surface area (Å²) in [5, 5.41) is 6.88. The normalized spacial score (nSPS) is 19.5. The molecule has 1 saturated heterocycles. The van der Waals surface area contributed by atoms with E-state index in [0.717, 1.165) is 13.0 Å². The molecule has 1 aromatic rings. The number of carbonyl (C=O) groups excluding carboxylic acids is 1. The van der Waals surface area contributed by atoms with Gasteiger partial charge >= 0.3 is 0 Å². The van der Waals surface area contributed by atoms with Crippen molar-refractivity contribution in [2.45, 2.75) is 38.1 Å². The third-order valence-electron chi connectivity index (χ3n) is 3.28. The van der Waals surface area contributed by atoms with Gasteiger partial charge in [-0.1, -0.05) is 30.2 Å². The number of hydrogen-bond donors (Lipinski definition) is 2. The van der Waals surface area contributed by atoms with Crippen LogP contribution in [0.4, 0.5) is 5.69 Å². The highest BCUT2D eigenvalue weighted by Gasteiger charge is 2.14. The second-order valence-corrected chi connectivity index (χ2v) is 5.12. The molecule has 0 radical (unpaired) electrons. The summed E-state index contributed by atoms with van der Waals surface area (Å²) in [6.07, 6.45) is 5.14. The first-order valence-electron chi connectivity index (χ1n) is 6.53. The molecule has 18 heavy (non-hydrogen) atoms. The van der Waals surface area contributed by atoms with Crippen LogP contribution in [0.15, 0.2) is 24.3 Å². The Bertz CT molecular complexity index is 403. The van der Waals surface area contributed by atoms with Gasteiger partial charge in [-0.05, 0) is 37.9 Å². The lowest BCUT2D eigenvalue weighted by Crippen LogP contribution is -2.34. The van der Waals surface area contributed by atoms with E-state index in [1.54, 1.807) is 6.07 Å². The van der Waals surface area contributed by atoms with E-state index in [1.165, 1.54) is 19.3 Å². The average Bonchev–Trinajstić information content (AvgIpc) is 2.40. The second kappa shape index (κ2) is 6.76. The zero-order valence-corrected chi connectivity index (χ0v) is 11.2. The molecule has 1 fully saturated rings. The van der Waals surface area contributed by atoms with E-state index in [1.807, 2.05) is 18.2 Å². The second-order valence-electron chi connectivity index (χ2n) is 4.71. The molecule has 2 rings (SSSR count). The van der Waals surface area contributed by atoms with Gasteiger partial charge in [0.05, 0.1) is 10.7 Å². The Labute approximate surface area is 113 Å². The minimum Gasteiger partial charge on any atom is -0.325 e. The number of benzene rings is 1. The number of anilines is 1. The van der Waals surface area contributed by atoms with Crippen LogP contribution in [0.2, 0.25) is 5.02 Å². The SMILES string of the molecule is O=C(CCC1CCCCN1)Nc1ccccc1Cl. The molecule has 0 aromatic heterocycles. The lowest BCUT2D eigenvalue weighted by Gasteiger charge is -2.23. The van der Waals surface area contributed by atoms with E-state index in [4.69, 9.17) is 11.6 Å². The molecule has 0 saturated carbocycles. The fourth-order valence-electron chi connectivity index (χ4n) is 2.25. The molecule has 1 amide bonds. The maximum Gasteiger partial charge on any atom is 0.224 e. The highest BCUT2D eigenvalue weighted by atomic mass is 35.5. The number of hydrogen-bond acceptors (Lipinski definition) is 2. The van der Waals surface area contributed by atoms with Crippen molar-refractivity contribution in [1.29, 1.82) is 0 Å². The summed E-state index contributed by atoms with van der Waals surface area (Å²) in [4.78, 5) is 11.8. The zero-order valence-electron chi connectivity index (χ0n) is 10.4. The number of halogens is 1. The Morgan fingerprint density at radius 3 is 2.94 bits per heavy atom. The van der Waals surface area contributed by atoms with Gasteiger partial charge < -0.3 is 10.6 Å². The standard InChI is InChI=1S/C14H19ClN2O/c15-12-6-1-2-7-13(12)17-14(18)9-8-11-5-3-4-10-16-11/h1-2,6-7,11,16H,3-5,8-10H2,(H,17,18). The van der Waals surface area contributed by atoms with Crippen molar-refractivity contribution in [3.05, 3.63) is 29.3 Å². The maximum atomic E-state index is 11.8. The van der Waals surface area contributed by atoms with Gasteiger partial charge in [-0.3, -0.25) is 4.79 Å². The minimum absolute atomic E-state index is 0.0375. The summed E-state index contributed by atoms with van der Waals surface area (Å²) in [5.74, 6) is 0.0375. The number of nitrogens with one attached hydrogen (secondary N) is 2. The van der Waals surface area contributed by atoms with Crippen molar-refractivity contribution in [2.75, 3.05) is 11.9 Å². The molecule has 1 heterocycles. The van der Waals surface area contributed by atoms with Crippen molar-refractivity contribution in [3.63, 3.8) is 0 Å².